The van der Waals surface area contributed by atoms with Crippen LogP contribution in [0.5, 0.6) is 5.75 Å². The molecule has 0 unspecified atom stereocenters. The first-order valence-electron chi connectivity index (χ1n) is 9.61. The van der Waals surface area contributed by atoms with E-state index >= 15 is 0 Å². The molecule has 1 fully saturated rings. The first kappa shape index (κ1) is 18.7. The molecule has 0 aliphatic carbocycles. The molecule has 3 aromatic rings. The third-order valence-electron chi connectivity index (χ3n) is 4.90. The predicted octanol–water partition coefficient (Wildman–Crippen LogP) is 4.64. The Morgan fingerprint density at radius 3 is 2.66 bits per heavy atom. The number of urea groups is 1. The number of nitrogens with zero attached hydrogens (tertiary/aromatic N) is 1. The number of hydrogen-bond donors (Lipinski definition) is 1. The highest BCUT2D eigenvalue weighted by molar-refractivity contribution is 6.14. The molecule has 3 amide bonds. The van der Waals surface area contributed by atoms with Crippen molar-refractivity contribution in [3.05, 3.63) is 83.1 Å². The fraction of sp³-hybridized carbons (Fsp3) is 0.167. The molecule has 1 heterocycles. The molecule has 5 heteroatoms. The molecular weight excluding hydrogens is 364 g/mol. The third-order valence-corrected chi connectivity index (χ3v) is 4.90. The first-order valence-corrected chi connectivity index (χ1v) is 9.61. The number of imide groups is 1. The van der Waals surface area contributed by atoms with Gasteiger partial charge in [-0.1, -0.05) is 60.2 Å². The second-order valence-corrected chi connectivity index (χ2v) is 7.00. The van der Waals surface area contributed by atoms with Crippen LogP contribution in [0.25, 0.3) is 16.8 Å². The van der Waals surface area contributed by atoms with Crippen LogP contribution in [-0.4, -0.2) is 23.4 Å². The summed E-state index contributed by atoms with van der Waals surface area (Å²) in [7, 11) is 0. The van der Waals surface area contributed by atoms with Crippen molar-refractivity contribution in [2.45, 2.75) is 20.4 Å². The van der Waals surface area contributed by atoms with Crippen molar-refractivity contribution in [3.63, 3.8) is 0 Å². The van der Waals surface area contributed by atoms with Crippen LogP contribution in [0.1, 0.15) is 23.6 Å². The van der Waals surface area contributed by atoms with Crippen molar-refractivity contribution in [3.8, 4) is 5.75 Å². The van der Waals surface area contributed by atoms with Crippen molar-refractivity contribution >= 4 is 28.8 Å². The van der Waals surface area contributed by atoms with Crippen LogP contribution < -0.4 is 10.1 Å². The largest absolute Gasteiger partial charge is 0.493 e. The van der Waals surface area contributed by atoms with Gasteiger partial charge < -0.3 is 10.1 Å². The van der Waals surface area contributed by atoms with Gasteiger partial charge in [-0.3, -0.25) is 9.69 Å². The number of carbonyl (C=O) groups excluding carboxylic acids is 2. The summed E-state index contributed by atoms with van der Waals surface area (Å²) in [6, 6.07) is 19.1. The number of fused-ring (bicyclic) bond motifs is 1. The molecule has 146 valence electrons. The first-order chi connectivity index (χ1) is 14.1. The van der Waals surface area contributed by atoms with Crippen molar-refractivity contribution < 1.29 is 14.3 Å². The summed E-state index contributed by atoms with van der Waals surface area (Å²) in [5.41, 5.74) is 3.03. The summed E-state index contributed by atoms with van der Waals surface area (Å²) in [6.45, 7) is 4.64. The minimum absolute atomic E-state index is 0.234. The average Bonchev–Trinajstić information content (AvgIpc) is 2.97. The Hall–Kier alpha value is -3.60. The smallest absolute Gasteiger partial charge is 0.329 e. The van der Waals surface area contributed by atoms with Crippen LogP contribution in [-0.2, 0) is 11.3 Å². The van der Waals surface area contributed by atoms with Crippen LogP contribution in [0.2, 0.25) is 0 Å². The molecule has 3 aromatic carbocycles. The molecule has 0 atom stereocenters. The van der Waals surface area contributed by atoms with E-state index in [-0.39, 0.29) is 18.1 Å². The van der Waals surface area contributed by atoms with E-state index in [1.165, 1.54) is 4.90 Å². The van der Waals surface area contributed by atoms with Crippen LogP contribution in [0.3, 0.4) is 0 Å². The van der Waals surface area contributed by atoms with E-state index in [0.717, 1.165) is 27.5 Å². The minimum Gasteiger partial charge on any atom is -0.493 e. The van der Waals surface area contributed by atoms with Gasteiger partial charge in [0.25, 0.3) is 5.91 Å². The molecule has 4 rings (SSSR count). The van der Waals surface area contributed by atoms with Gasteiger partial charge in [-0.2, -0.15) is 0 Å². The summed E-state index contributed by atoms with van der Waals surface area (Å²) in [6.07, 6.45) is 1.71. The predicted molar refractivity (Wildman–Crippen MR) is 113 cm³/mol. The van der Waals surface area contributed by atoms with Gasteiger partial charge in [-0.05, 0) is 42.3 Å². The number of nitrogens with one attached hydrogen (secondary N) is 1. The molecular formula is C24H22N2O3. The van der Waals surface area contributed by atoms with E-state index in [1.807, 2.05) is 74.5 Å². The maximum atomic E-state index is 12.9. The Balaban J connectivity index is 1.71. The Bertz CT molecular complexity index is 1130. The summed E-state index contributed by atoms with van der Waals surface area (Å²) < 4.78 is 5.77. The van der Waals surface area contributed by atoms with Gasteiger partial charge in [0.05, 0.1) is 13.2 Å². The quantitative estimate of drug-likeness (QED) is 0.513. The number of carbonyl (C=O) groups is 2. The normalized spacial score (nSPS) is 15.2. The van der Waals surface area contributed by atoms with Gasteiger partial charge in [0.2, 0.25) is 0 Å². The number of ether oxygens (including phenoxy) is 1. The van der Waals surface area contributed by atoms with Gasteiger partial charge in [0, 0.05) is 5.56 Å². The van der Waals surface area contributed by atoms with Crippen LogP contribution >= 0.6 is 0 Å². The van der Waals surface area contributed by atoms with Gasteiger partial charge >= 0.3 is 6.03 Å². The zero-order chi connectivity index (χ0) is 20.4. The van der Waals surface area contributed by atoms with Gasteiger partial charge in [-0.15, -0.1) is 0 Å². The van der Waals surface area contributed by atoms with E-state index in [2.05, 4.69) is 5.32 Å². The highest BCUT2D eigenvalue weighted by Gasteiger charge is 2.33. The zero-order valence-corrected chi connectivity index (χ0v) is 16.4. The SMILES string of the molecule is CCOc1ccc2ccccc2c1/C=C1/NC(=O)N(Cc2cccc(C)c2)C1=O. The monoisotopic (exact) mass is 386 g/mol. The fourth-order valence-corrected chi connectivity index (χ4v) is 3.56. The zero-order valence-electron chi connectivity index (χ0n) is 16.4. The second-order valence-electron chi connectivity index (χ2n) is 7.00. The van der Waals surface area contributed by atoms with Crippen LogP contribution in [0, 0.1) is 6.92 Å². The van der Waals surface area contributed by atoms with Crippen molar-refractivity contribution in [1.29, 1.82) is 0 Å². The molecule has 0 bridgehead atoms. The van der Waals surface area contributed by atoms with Crippen LogP contribution in [0.4, 0.5) is 4.79 Å². The maximum absolute atomic E-state index is 12.9. The van der Waals surface area contributed by atoms with Gasteiger partial charge in [0.15, 0.2) is 0 Å². The highest BCUT2D eigenvalue weighted by Crippen LogP contribution is 2.31. The van der Waals surface area contributed by atoms with Crippen LogP contribution in [0.15, 0.2) is 66.4 Å². The van der Waals surface area contributed by atoms with E-state index in [0.29, 0.717) is 12.4 Å². The van der Waals surface area contributed by atoms with Gasteiger partial charge in [-0.25, -0.2) is 4.79 Å². The lowest BCUT2D eigenvalue weighted by atomic mass is 10.0. The van der Waals surface area contributed by atoms with Crippen molar-refractivity contribution in [1.82, 2.24) is 10.2 Å². The number of benzene rings is 3. The molecule has 1 aliphatic rings. The molecule has 5 nitrogen and oxygen atoms in total. The van der Waals surface area contributed by atoms with Gasteiger partial charge in [0.1, 0.15) is 11.4 Å². The maximum Gasteiger partial charge on any atom is 0.329 e. The lowest BCUT2D eigenvalue weighted by Crippen LogP contribution is -2.30. The minimum atomic E-state index is -0.416. The topological polar surface area (TPSA) is 58.6 Å². The lowest BCUT2D eigenvalue weighted by molar-refractivity contribution is -0.123. The fourth-order valence-electron chi connectivity index (χ4n) is 3.56. The molecule has 1 saturated heterocycles. The Morgan fingerprint density at radius 2 is 1.86 bits per heavy atom. The standard InChI is InChI=1S/C24H22N2O3/c1-3-29-22-12-11-18-9-4-5-10-19(18)20(22)14-21-23(27)26(24(28)25-21)15-17-8-6-7-16(2)13-17/h4-14H,3,15H2,1-2H3,(H,25,28)/b21-14+. The summed E-state index contributed by atoms with van der Waals surface area (Å²) in [5, 5.41) is 4.72. The molecule has 0 saturated carbocycles. The number of amides is 3. The summed E-state index contributed by atoms with van der Waals surface area (Å²) in [4.78, 5) is 26.6. The van der Waals surface area contributed by atoms with Crippen molar-refractivity contribution in [2.24, 2.45) is 0 Å². The molecule has 0 aromatic heterocycles. The average molecular weight is 386 g/mol. The Kier molecular flexibility index (Phi) is 5.04. The summed E-state index contributed by atoms with van der Waals surface area (Å²) >= 11 is 0. The van der Waals surface area contributed by atoms with Crippen molar-refractivity contribution in [2.75, 3.05) is 6.61 Å². The Morgan fingerprint density at radius 1 is 1.03 bits per heavy atom. The lowest BCUT2D eigenvalue weighted by Gasteiger charge is -2.12. The highest BCUT2D eigenvalue weighted by atomic mass is 16.5. The van der Waals surface area contributed by atoms with E-state index in [1.54, 1.807) is 6.08 Å². The molecule has 29 heavy (non-hydrogen) atoms. The third kappa shape index (κ3) is 3.72. The molecule has 1 aliphatic heterocycles. The summed E-state index contributed by atoms with van der Waals surface area (Å²) in [5.74, 6) is 0.338. The van der Waals surface area contributed by atoms with E-state index < -0.39 is 6.03 Å². The number of rotatable bonds is 5. The molecule has 1 N–H and O–H groups in total. The van der Waals surface area contributed by atoms with E-state index in [4.69, 9.17) is 4.74 Å². The van der Waals surface area contributed by atoms with E-state index in [9.17, 15) is 9.59 Å². The Labute approximate surface area is 169 Å². The molecule has 0 radical (unpaired) electrons. The number of aryl methyl sites for hydroxylation is 1. The number of hydrogen-bond acceptors (Lipinski definition) is 3. The molecule has 0 spiro atoms. The second kappa shape index (κ2) is 7.80.